The van der Waals surface area contributed by atoms with E-state index in [0.717, 1.165) is 28.7 Å². The molecule has 0 saturated heterocycles. The molecule has 1 aliphatic rings. The maximum atomic E-state index is 12.6. The monoisotopic (exact) mass is 355 g/mol. The number of carbonyl (C=O) groups is 1. The van der Waals surface area contributed by atoms with Crippen LogP contribution in [-0.2, 0) is 11.2 Å². The molecule has 1 aliphatic carbocycles. The summed E-state index contributed by atoms with van der Waals surface area (Å²) in [6.45, 7) is 6.01. The first-order valence-electron chi connectivity index (χ1n) is 8.55. The van der Waals surface area contributed by atoms with Crippen molar-refractivity contribution in [3.8, 4) is 11.1 Å². The highest BCUT2D eigenvalue weighted by molar-refractivity contribution is 6.29. The van der Waals surface area contributed by atoms with Crippen LogP contribution < -0.4 is 0 Å². The van der Waals surface area contributed by atoms with E-state index in [-0.39, 0.29) is 17.0 Å². The number of aliphatic hydroxyl groups excluding tert-OH is 1. The van der Waals surface area contributed by atoms with E-state index in [1.54, 1.807) is 12.3 Å². The van der Waals surface area contributed by atoms with Gasteiger partial charge in [-0.15, -0.1) is 0 Å². The number of rotatable bonds is 3. The maximum Gasteiger partial charge on any atom is 0.166 e. The van der Waals surface area contributed by atoms with Crippen LogP contribution in [0.25, 0.3) is 16.7 Å². The molecule has 4 heteroatoms. The number of pyridine rings is 1. The predicted molar refractivity (Wildman–Crippen MR) is 102 cm³/mol. The molecule has 130 valence electrons. The number of aryl methyl sites for hydroxylation is 1. The van der Waals surface area contributed by atoms with Crippen molar-refractivity contribution >= 4 is 23.0 Å². The van der Waals surface area contributed by atoms with Crippen molar-refractivity contribution in [2.24, 2.45) is 5.41 Å². The summed E-state index contributed by atoms with van der Waals surface area (Å²) in [4.78, 5) is 16.7. The van der Waals surface area contributed by atoms with Crippen molar-refractivity contribution in [1.82, 2.24) is 4.98 Å². The van der Waals surface area contributed by atoms with Gasteiger partial charge in [0.05, 0.1) is 5.57 Å². The Bertz CT molecular complexity index is 851. The number of benzene rings is 1. The van der Waals surface area contributed by atoms with Crippen molar-refractivity contribution < 1.29 is 9.90 Å². The van der Waals surface area contributed by atoms with Crippen LogP contribution in [0.15, 0.2) is 42.3 Å². The van der Waals surface area contributed by atoms with Gasteiger partial charge in [0, 0.05) is 23.6 Å². The molecule has 1 N–H and O–H groups in total. The van der Waals surface area contributed by atoms with Crippen LogP contribution in [0.4, 0.5) is 0 Å². The number of carbonyl (C=O) groups excluding carboxylic acids is 1. The minimum absolute atomic E-state index is 0.0120. The topological polar surface area (TPSA) is 50.2 Å². The predicted octanol–water partition coefficient (Wildman–Crippen LogP) is 5.62. The van der Waals surface area contributed by atoms with E-state index in [4.69, 9.17) is 11.6 Å². The van der Waals surface area contributed by atoms with Crippen molar-refractivity contribution in [3.05, 3.63) is 58.6 Å². The van der Waals surface area contributed by atoms with Crippen LogP contribution in [0, 0.1) is 5.41 Å². The van der Waals surface area contributed by atoms with Crippen molar-refractivity contribution in [2.75, 3.05) is 0 Å². The molecule has 0 aliphatic heterocycles. The molecule has 0 unspecified atom stereocenters. The van der Waals surface area contributed by atoms with Gasteiger partial charge in [0.15, 0.2) is 5.78 Å². The highest BCUT2D eigenvalue weighted by atomic mass is 35.5. The molecule has 0 radical (unpaired) electrons. The zero-order valence-corrected chi connectivity index (χ0v) is 15.5. The molecule has 0 bridgehead atoms. The van der Waals surface area contributed by atoms with Crippen molar-refractivity contribution in [3.63, 3.8) is 0 Å². The van der Waals surface area contributed by atoms with E-state index in [2.05, 4.69) is 11.9 Å². The number of nitrogens with zero attached hydrogens (tertiary/aromatic N) is 1. The quantitative estimate of drug-likeness (QED) is 0.726. The Balaban J connectivity index is 2.19. The second-order valence-corrected chi connectivity index (χ2v) is 7.51. The molecular weight excluding hydrogens is 334 g/mol. The molecule has 25 heavy (non-hydrogen) atoms. The van der Waals surface area contributed by atoms with Gasteiger partial charge in [-0.2, -0.15) is 0 Å². The average molecular weight is 356 g/mol. The second kappa shape index (κ2) is 6.64. The lowest BCUT2D eigenvalue weighted by atomic mass is 9.74. The number of hydrogen-bond acceptors (Lipinski definition) is 3. The van der Waals surface area contributed by atoms with Gasteiger partial charge in [0.2, 0.25) is 0 Å². The van der Waals surface area contributed by atoms with Gasteiger partial charge in [-0.05, 0) is 47.7 Å². The molecule has 0 amide bonds. The number of aliphatic hydroxyl groups is 1. The summed E-state index contributed by atoms with van der Waals surface area (Å²) >= 11 is 5.87. The van der Waals surface area contributed by atoms with Gasteiger partial charge < -0.3 is 5.11 Å². The Morgan fingerprint density at radius 2 is 1.92 bits per heavy atom. The van der Waals surface area contributed by atoms with Gasteiger partial charge in [-0.3, -0.25) is 4.79 Å². The first kappa shape index (κ1) is 17.7. The van der Waals surface area contributed by atoms with Crippen molar-refractivity contribution in [1.29, 1.82) is 0 Å². The summed E-state index contributed by atoms with van der Waals surface area (Å²) in [5, 5.41) is 11.2. The van der Waals surface area contributed by atoms with Gasteiger partial charge in [0.25, 0.3) is 0 Å². The van der Waals surface area contributed by atoms with Gasteiger partial charge in [-0.25, -0.2) is 4.98 Å². The molecule has 2 aromatic rings. The molecule has 1 aromatic heterocycles. The number of aromatic nitrogens is 1. The van der Waals surface area contributed by atoms with Gasteiger partial charge >= 0.3 is 0 Å². The molecule has 1 aromatic carbocycles. The van der Waals surface area contributed by atoms with E-state index in [1.165, 1.54) is 0 Å². The minimum atomic E-state index is -0.383. The van der Waals surface area contributed by atoms with E-state index in [1.807, 2.05) is 38.1 Å². The zero-order valence-electron chi connectivity index (χ0n) is 14.8. The van der Waals surface area contributed by atoms with Crippen molar-refractivity contribution in [2.45, 2.75) is 40.0 Å². The first-order valence-corrected chi connectivity index (χ1v) is 8.93. The lowest BCUT2D eigenvalue weighted by Gasteiger charge is -2.31. The maximum absolute atomic E-state index is 12.6. The third kappa shape index (κ3) is 3.34. The Labute approximate surface area is 153 Å². The summed E-state index contributed by atoms with van der Waals surface area (Å²) < 4.78 is 0. The smallest absolute Gasteiger partial charge is 0.166 e. The van der Waals surface area contributed by atoms with Crippen LogP contribution in [0.5, 0.6) is 0 Å². The standard InChI is InChI=1S/C21H22ClNO2/c1-4-13-5-6-14(15-7-8-18(22)23-12-15)11-16(13)19-17(24)9-10-21(2,3)20(19)25/h5-8,11-12,25H,4,9-10H2,1-3H3. The molecule has 0 saturated carbocycles. The van der Waals surface area contributed by atoms with E-state index in [9.17, 15) is 9.90 Å². The van der Waals surface area contributed by atoms with E-state index < -0.39 is 0 Å². The molecule has 3 rings (SSSR count). The third-order valence-corrected chi connectivity index (χ3v) is 5.18. The Kier molecular flexibility index (Phi) is 4.70. The fourth-order valence-electron chi connectivity index (χ4n) is 3.26. The van der Waals surface area contributed by atoms with Gasteiger partial charge in [0.1, 0.15) is 10.9 Å². The highest BCUT2D eigenvalue weighted by Gasteiger charge is 2.35. The summed E-state index contributed by atoms with van der Waals surface area (Å²) in [6, 6.07) is 9.67. The molecule has 1 heterocycles. The number of hydrogen-bond donors (Lipinski definition) is 1. The van der Waals surface area contributed by atoms with Crippen LogP contribution in [0.1, 0.15) is 44.7 Å². The minimum Gasteiger partial charge on any atom is -0.511 e. The van der Waals surface area contributed by atoms with Crippen LogP contribution in [0.2, 0.25) is 5.15 Å². The summed E-state index contributed by atoms with van der Waals surface area (Å²) in [6.07, 6.45) is 3.64. The lowest BCUT2D eigenvalue weighted by Crippen LogP contribution is -2.25. The molecular formula is C21H22ClNO2. The largest absolute Gasteiger partial charge is 0.511 e. The highest BCUT2D eigenvalue weighted by Crippen LogP contribution is 2.42. The zero-order chi connectivity index (χ0) is 18.2. The Morgan fingerprint density at radius 3 is 2.56 bits per heavy atom. The summed E-state index contributed by atoms with van der Waals surface area (Å²) in [7, 11) is 0. The number of halogens is 1. The number of ketones is 1. The summed E-state index contributed by atoms with van der Waals surface area (Å²) in [5.74, 6) is 0.211. The molecule has 3 nitrogen and oxygen atoms in total. The fraction of sp³-hybridized carbons (Fsp3) is 0.333. The lowest BCUT2D eigenvalue weighted by molar-refractivity contribution is -0.115. The van der Waals surface area contributed by atoms with E-state index in [0.29, 0.717) is 23.6 Å². The Morgan fingerprint density at radius 1 is 1.20 bits per heavy atom. The molecule has 0 spiro atoms. The fourth-order valence-corrected chi connectivity index (χ4v) is 3.37. The number of Topliss-reactive ketones (excluding diaryl/α,β-unsaturated/α-hetero) is 1. The average Bonchev–Trinajstić information content (AvgIpc) is 2.60. The van der Waals surface area contributed by atoms with Gasteiger partial charge in [-0.1, -0.05) is 44.5 Å². The van der Waals surface area contributed by atoms with E-state index >= 15 is 0 Å². The third-order valence-electron chi connectivity index (χ3n) is 4.95. The normalized spacial score (nSPS) is 17.0. The van der Waals surface area contributed by atoms with Crippen LogP contribution in [-0.4, -0.2) is 15.9 Å². The number of allylic oxidation sites excluding steroid dienone is 2. The molecule has 0 fully saturated rings. The second-order valence-electron chi connectivity index (χ2n) is 7.13. The first-order chi connectivity index (χ1) is 11.8. The van der Waals surface area contributed by atoms with Crippen LogP contribution in [0.3, 0.4) is 0 Å². The molecule has 0 atom stereocenters. The SMILES string of the molecule is CCc1ccc(-c2ccc(Cl)nc2)cc1C1=C(O)C(C)(C)CCC1=O. The van der Waals surface area contributed by atoms with Crippen LogP contribution >= 0.6 is 11.6 Å². The summed E-state index contributed by atoms with van der Waals surface area (Å²) in [5.41, 5.74) is 3.84. The Hall–Kier alpha value is -2.13.